The molecule has 0 aromatic heterocycles. The van der Waals surface area contributed by atoms with Crippen molar-refractivity contribution < 1.29 is 4.74 Å². The predicted molar refractivity (Wildman–Crippen MR) is 108 cm³/mol. The van der Waals surface area contributed by atoms with Gasteiger partial charge >= 0.3 is 0 Å². The van der Waals surface area contributed by atoms with Crippen molar-refractivity contribution in [2.75, 3.05) is 6.61 Å². The molecular weight excluding hydrogens is 280 g/mol. The van der Waals surface area contributed by atoms with Gasteiger partial charge in [-0.3, -0.25) is 0 Å². The maximum Gasteiger partial charge on any atom is 0.0598 e. The molecule has 2 rings (SSSR count). The Morgan fingerprint density at radius 1 is 0.957 bits per heavy atom. The van der Waals surface area contributed by atoms with Crippen molar-refractivity contribution in [1.29, 1.82) is 0 Å². The highest BCUT2D eigenvalue weighted by atomic mass is 16.5. The highest BCUT2D eigenvalue weighted by Gasteiger charge is 2.16. The second kappa shape index (κ2) is 17.5. The van der Waals surface area contributed by atoms with Crippen molar-refractivity contribution in [2.24, 2.45) is 11.8 Å². The Balaban J connectivity index is -0.000000292. The SMILES string of the molecule is C.C.CC.CC(C)C1CCCCO1.CC(C)Cc1ccccc1. The van der Waals surface area contributed by atoms with Crippen LogP contribution in [0.25, 0.3) is 0 Å². The molecule has 1 fully saturated rings. The van der Waals surface area contributed by atoms with Crippen molar-refractivity contribution in [3.05, 3.63) is 35.9 Å². The number of hydrogen-bond acceptors (Lipinski definition) is 1. The van der Waals surface area contributed by atoms with Crippen molar-refractivity contribution >= 4 is 0 Å². The van der Waals surface area contributed by atoms with Gasteiger partial charge in [0.05, 0.1) is 6.10 Å². The number of ether oxygens (including phenoxy) is 1. The molecule has 1 saturated heterocycles. The van der Waals surface area contributed by atoms with Crippen LogP contribution in [0.2, 0.25) is 0 Å². The van der Waals surface area contributed by atoms with Crippen LogP contribution in [0, 0.1) is 11.8 Å². The zero-order valence-electron chi connectivity index (χ0n) is 15.1. The van der Waals surface area contributed by atoms with Crippen molar-refractivity contribution in [3.63, 3.8) is 0 Å². The molecule has 1 aliphatic heterocycles. The predicted octanol–water partition coefficient (Wildman–Crippen LogP) is 7.40. The van der Waals surface area contributed by atoms with E-state index in [-0.39, 0.29) is 14.9 Å². The Morgan fingerprint density at radius 2 is 1.52 bits per heavy atom. The molecule has 0 N–H and O–H groups in total. The van der Waals surface area contributed by atoms with Gasteiger partial charge in [0.1, 0.15) is 0 Å². The van der Waals surface area contributed by atoms with Gasteiger partial charge < -0.3 is 4.74 Å². The van der Waals surface area contributed by atoms with Crippen LogP contribution in [0.1, 0.15) is 81.2 Å². The summed E-state index contributed by atoms with van der Waals surface area (Å²) in [4.78, 5) is 0. The van der Waals surface area contributed by atoms with Crippen LogP contribution in [-0.4, -0.2) is 12.7 Å². The second-order valence-electron chi connectivity index (χ2n) is 6.23. The van der Waals surface area contributed by atoms with Crippen LogP contribution in [0.15, 0.2) is 30.3 Å². The molecule has 1 nitrogen and oxygen atoms in total. The van der Waals surface area contributed by atoms with Crippen LogP contribution in [-0.2, 0) is 11.2 Å². The van der Waals surface area contributed by atoms with Gasteiger partial charge in [0, 0.05) is 6.61 Å². The summed E-state index contributed by atoms with van der Waals surface area (Å²) in [6.07, 6.45) is 5.66. The molecule has 1 aromatic carbocycles. The normalized spacial score (nSPS) is 16.1. The minimum atomic E-state index is 0. The summed E-state index contributed by atoms with van der Waals surface area (Å²) in [6.45, 7) is 13.9. The fraction of sp³-hybridized carbons (Fsp3) is 0.727. The highest BCUT2D eigenvalue weighted by molar-refractivity contribution is 5.14. The summed E-state index contributed by atoms with van der Waals surface area (Å²) in [5, 5.41) is 0. The summed E-state index contributed by atoms with van der Waals surface area (Å²) in [6, 6.07) is 10.6. The molecule has 0 aliphatic carbocycles. The van der Waals surface area contributed by atoms with Gasteiger partial charge in [-0.25, -0.2) is 0 Å². The first-order valence-corrected chi connectivity index (χ1v) is 8.75. The van der Waals surface area contributed by atoms with Crippen LogP contribution < -0.4 is 0 Å². The van der Waals surface area contributed by atoms with E-state index in [1.807, 2.05) is 13.8 Å². The topological polar surface area (TPSA) is 9.23 Å². The third-order valence-electron chi connectivity index (χ3n) is 3.45. The zero-order chi connectivity index (χ0) is 16.1. The van der Waals surface area contributed by atoms with Crippen LogP contribution in [0.4, 0.5) is 0 Å². The van der Waals surface area contributed by atoms with Crippen LogP contribution in [0.3, 0.4) is 0 Å². The molecule has 138 valence electrons. The Kier molecular flexibility index (Phi) is 20.6. The largest absolute Gasteiger partial charge is 0.378 e. The first-order valence-electron chi connectivity index (χ1n) is 8.75. The van der Waals surface area contributed by atoms with E-state index in [1.165, 1.54) is 31.2 Å². The van der Waals surface area contributed by atoms with E-state index in [9.17, 15) is 0 Å². The smallest absolute Gasteiger partial charge is 0.0598 e. The molecule has 1 aromatic rings. The molecule has 0 radical (unpaired) electrons. The van der Waals surface area contributed by atoms with Gasteiger partial charge in [-0.05, 0) is 43.1 Å². The zero-order valence-corrected chi connectivity index (χ0v) is 15.1. The molecule has 1 aliphatic rings. The van der Waals surface area contributed by atoms with E-state index in [0.717, 1.165) is 12.5 Å². The standard InChI is InChI=1S/C10H14.C8H16O.C2H6.2CH4/c1-9(2)8-10-6-4-3-5-7-10;1-7(2)8-5-3-4-6-9-8;1-2;;/h3-7,9H,8H2,1-2H3;7-8H,3-6H2,1-2H3;1-2H3;2*1H4. The van der Waals surface area contributed by atoms with Gasteiger partial charge in [-0.15, -0.1) is 0 Å². The molecule has 1 heterocycles. The molecular formula is C22H44O. The third kappa shape index (κ3) is 14.5. The second-order valence-corrected chi connectivity index (χ2v) is 6.23. The van der Waals surface area contributed by atoms with E-state index in [4.69, 9.17) is 4.74 Å². The van der Waals surface area contributed by atoms with Gasteiger partial charge in [0.2, 0.25) is 0 Å². The molecule has 0 spiro atoms. The molecule has 1 atom stereocenters. The molecule has 1 unspecified atom stereocenters. The van der Waals surface area contributed by atoms with Crippen LogP contribution >= 0.6 is 0 Å². The van der Waals surface area contributed by atoms with E-state index >= 15 is 0 Å². The lowest BCUT2D eigenvalue weighted by Gasteiger charge is -2.25. The summed E-state index contributed by atoms with van der Waals surface area (Å²) < 4.78 is 5.54. The number of hydrogen-bond donors (Lipinski definition) is 0. The van der Waals surface area contributed by atoms with E-state index < -0.39 is 0 Å². The Bertz CT molecular complexity index is 310. The van der Waals surface area contributed by atoms with Crippen molar-refractivity contribution in [2.45, 2.75) is 88.2 Å². The molecule has 0 saturated carbocycles. The summed E-state index contributed by atoms with van der Waals surface area (Å²) in [5.74, 6) is 1.48. The quantitative estimate of drug-likeness (QED) is 0.563. The van der Waals surface area contributed by atoms with Gasteiger partial charge in [-0.2, -0.15) is 0 Å². The summed E-state index contributed by atoms with van der Waals surface area (Å²) in [5.41, 5.74) is 1.44. The maximum absolute atomic E-state index is 5.54. The lowest BCUT2D eigenvalue weighted by molar-refractivity contribution is -0.0115. The Hall–Kier alpha value is -0.820. The molecule has 0 bridgehead atoms. The first-order chi connectivity index (χ1) is 10.1. The minimum Gasteiger partial charge on any atom is -0.378 e. The van der Waals surface area contributed by atoms with Crippen molar-refractivity contribution in [1.82, 2.24) is 0 Å². The monoisotopic (exact) mass is 324 g/mol. The number of benzene rings is 1. The first kappa shape index (κ1) is 27.0. The fourth-order valence-corrected chi connectivity index (χ4v) is 2.38. The number of rotatable bonds is 3. The van der Waals surface area contributed by atoms with Crippen molar-refractivity contribution in [3.8, 4) is 0 Å². The Labute approximate surface area is 147 Å². The fourth-order valence-electron chi connectivity index (χ4n) is 2.38. The third-order valence-corrected chi connectivity index (χ3v) is 3.45. The van der Waals surface area contributed by atoms with Crippen LogP contribution in [0.5, 0.6) is 0 Å². The van der Waals surface area contributed by atoms with E-state index in [2.05, 4.69) is 58.0 Å². The average molecular weight is 325 g/mol. The lowest BCUT2D eigenvalue weighted by Crippen LogP contribution is -2.24. The lowest BCUT2D eigenvalue weighted by atomic mass is 9.99. The highest BCUT2D eigenvalue weighted by Crippen LogP contribution is 2.18. The van der Waals surface area contributed by atoms with Gasteiger partial charge in [0.25, 0.3) is 0 Å². The van der Waals surface area contributed by atoms with E-state index in [0.29, 0.717) is 12.0 Å². The maximum atomic E-state index is 5.54. The van der Waals surface area contributed by atoms with E-state index in [1.54, 1.807) is 0 Å². The van der Waals surface area contributed by atoms with Gasteiger partial charge in [-0.1, -0.05) is 86.7 Å². The van der Waals surface area contributed by atoms with Gasteiger partial charge in [0.15, 0.2) is 0 Å². The molecule has 0 amide bonds. The summed E-state index contributed by atoms with van der Waals surface area (Å²) in [7, 11) is 0. The average Bonchev–Trinajstić information content (AvgIpc) is 2.51. The Morgan fingerprint density at radius 3 is 1.87 bits per heavy atom. The minimum absolute atomic E-state index is 0. The summed E-state index contributed by atoms with van der Waals surface area (Å²) >= 11 is 0. The molecule has 23 heavy (non-hydrogen) atoms. The molecule has 1 heteroatoms.